The van der Waals surface area contributed by atoms with Gasteiger partial charge in [-0.3, -0.25) is 0 Å². The van der Waals surface area contributed by atoms with E-state index in [0.29, 0.717) is 17.9 Å². The van der Waals surface area contributed by atoms with Crippen LogP contribution in [-0.2, 0) is 19.3 Å². The van der Waals surface area contributed by atoms with Crippen molar-refractivity contribution in [3.05, 3.63) is 47.0 Å². The van der Waals surface area contributed by atoms with Crippen molar-refractivity contribution in [2.24, 2.45) is 0 Å². The summed E-state index contributed by atoms with van der Waals surface area (Å²) in [5.74, 6) is 1.57. The van der Waals surface area contributed by atoms with Crippen molar-refractivity contribution in [2.75, 3.05) is 12.8 Å². The number of benzene rings is 1. The number of hydrogen-bond donors (Lipinski definition) is 1. The number of nitrogens with zero attached hydrogens (tertiary/aromatic N) is 2. The molecular weight excluding hydrogens is 238 g/mol. The number of nitrogens with two attached hydrogens (primary N) is 1. The average molecular weight is 255 g/mol. The second kappa shape index (κ2) is 4.88. The van der Waals surface area contributed by atoms with Gasteiger partial charge in [0.05, 0.1) is 12.8 Å². The summed E-state index contributed by atoms with van der Waals surface area (Å²) in [4.78, 5) is 9.07. The van der Waals surface area contributed by atoms with E-state index in [0.717, 1.165) is 24.2 Å². The molecular formula is C15H17N3O. The molecule has 19 heavy (non-hydrogen) atoms. The Hall–Kier alpha value is -2.10. The molecule has 1 aromatic carbocycles. The van der Waals surface area contributed by atoms with Gasteiger partial charge in [0.2, 0.25) is 0 Å². The summed E-state index contributed by atoms with van der Waals surface area (Å²) in [6.07, 6.45) is 6.07. The van der Waals surface area contributed by atoms with Crippen LogP contribution in [-0.4, -0.2) is 17.1 Å². The highest BCUT2D eigenvalue weighted by Crippen LogP contribution is 2.23. The molecule has 0 saturated heterocycles. The van der Waals surface area contributed by atoms with Gasteiger partial charge in [0.1, 0.15) is 11.6 Å². The largest absolute Gasteiger partial charge is 0.495 e. The van der Waals surface area contributed by atoms with Crippen LogP contribution in [0.3, 0.4) is 0 Å². The van der Waals surface area contributed by atoms with E-state index >= 15 is 0 Å². The Bertz CT molecular complexity index is 610. The highest BCUT2D eigenvalue weighted by Gasteiger charge is 2.13. The molecule has 1 heterocycles. The third kappa shape index (κ3) is 2.38. The van der Waals surface area contributed by atoms with Crippen LogP contribution in [0.25, 0.3) is 0 Å². The molecule has 0 spiro atoms. The number of aromatic nitrogens is 2. The number of rotatable bonds is 3. The van der Waals surface area contributed by atoms with E-state index in [1.54, 1.807) is 7.11 Å². The van der Waals surface area contributed by atoms with Crippen molar-refractivity contribution < 1.29 is 4.74 Å². The van der Waals surface area contributed by atoms with Crippen LogP contribution in [0, 0.1) is 0 Å². The zero-order chi connectivity index (χ0) is 13.2. The van der Waals surface area contributed by atoms with Crippen LogP contribution in [0.15, 0.2) is 24.4 Å². The van der Waals surface area contributed by atoms with Crippen LogP contribution >= 0.6 is 0 Å². The molecule has 3 rings (SSSR count). The third-order valence-corrected chi connectivity index (χ3v) is 3.52. The van der Waals surface area contributed by atoms with Gasteiger partial charge in [-0.25, -0.2) is 9.97 Å². The van der Waals surface area contributed by atoms with Crippen molar-refractivity contribution >= 4 is 5.69 Å². The Morgan fingerprint density at radius 3 is 3.00 bits per heavy atom. The van der Waals surface area contributed by atoms with Crippen molar-refractivity contribution in [3.8, 4) is 5.75 Å². The van der Waals surface area contributed by atoms with Crippen molar-refractivity contribution in [1.29, 1.82) is 0 Å². The molecule has 0 amide bonds. The molecule has 1 aromatic heterocycles. The molecule has 1 aliphatic carbocycles. The summed E-state index contributed by atoms with van der Waals surface area (Å²) < 4.78 is 5.15. The minimum Gasteiger partial charge on any atom is -0.495 e. The fourth-order valence-electron chi connectivity index (χ4n) is 2.52. The van der Waals surface area contributed by atoms with Gasteiger partial charge in [-0.2, -0.15) is 0 Å². The van der Waals surface area contributed by atoms with Gasteiger partial charge in [0.25, 0.3) is 0 Å². The molecule has 0 aliphatic heterocycles. The molecule has 1 aliphatic rings. The average Bonchev–Trinajstić information content (AvgIpc) is 2.86. The molecule has 0 bridgehead atoms. The Balaban J connectivity index is 1.83. The van der Waals surface area contributed by atoms with E-state index in [1.165, 1.54) is 17.7 Å². The van der Waals surface area contributed by atoms with Gasteiger partial charge in [0, 0.05) is 18.3 Å². The molecule has 2 aromatic rings. The first-order chi connectivity index (χ1) is 9.26. The van der Waals surface area contributed by atoms with Gasteiger partial charge in [-0.05, 0) is 42.5 Å². The Labute approximate surface area is 112 Å². The van der Waals surface area contributed by atoms with Crippen LogP contribution in [0.1, 0.15) is 29.1 Å². The molecule has 98 valence electrons. The lowest BCUT2D eigenvalue weighted by atomic mass is 10.1. The fourth-order valence-corrected chi connectivity index (χ4v) is 2.52. The van der Waals surface area contributed by atoms with Crippen molar-refractivity contribution in [1.82, 2.24) is 9.97 Å². The standard InChI is InChI=1S/C15H17N3O/c1-19-14-6-5-10(7-12(14)16)8-15-17-9-11-3-2-4-13(11)18-15/h5-7,9H,2-4,8,16H2,1H3. The van der Waals surface area contributed by atoms with Gasteiger partial charge in [-0.15, -0.1) is 0 Å². The topological polar surface area (TPSA) is 61.0 Å². The molecule has 2 N–H and O–H groups in total. The molecule has 4 heteroatoms. The van der Waals surface area contributed by atoms with Gasteiger partial charge in [0.15, 0.2) is 0 Å². The lowest BCUT2D eigenvalue weighted by Gasteiger charge is -2.07. The van der Waals surface area contributed by atoms with E-state index in [9.17, 15) is 0 Å². The zero-order valence-electron chi connectivity index (χ0n) is 11.0. The smallest absolute Gasteiger partial charge is 0.141 e. The molecule has 0 atom stereocenters. The molecule has 0 radical (unpaired) electrons. The first-order valence-corrected chi connectivity index (χ1v) is 6.52. The lowest BCUT2D eigenvalue weighted by Crippen LogP contribution is -2.01. The van der Waals surface area contributed by atoms with E-state index in [4.69, 9.17) is 10.5 Å². The van der Waals surface area contributed by atoms with Crippen LogP contribution < -0.4 is 10.5 Å². The van der Waals surface area contributed by atoms with E-state index < -0.39 is 0 Å². The van der Waals surface area contributed by atoms with Crippen molar-refractivity contribution in [2.45, 2.75) is 25.7 Å². The Morgan fingerprint density at radius 2 is 2.21 bits per heavy atom. The number of fused-ring (bicyclic) bond motifs is 1. The monoisotopic (exact) mass is 255 g/mol. The van der Waals surface area contributed by atoms with Gasteiger partial charge < -0.3 is 10.5 Å². The predicted octanol–water partition coefficient (Wildman–Crippen LogP) is 2.15. The minimum atomic E-state index is 0.654. The molecule has 0 unspecified atom stereocenters. The number of hydrogen-bond acceptors (Lipinski definition) is 4. The number of methoxy groups -OCH3 is 1. The van der Waals surface area contributed by atoms with E-state index in [1.807, 2.05) is 24.4 Å². The first-order valence-electron chi connectivity index (χ1n) is 6.52. The maximum atomic E-state index is 5.91. The number of aryl methyl sites for hydroxylation is 2. The van der Waals surface area contributed by atoms with E-state index in [-0.39, 0.29) is 0 Å². The first kappa shape index (κ1) is 12.0. The second-order valence-electron chi connectivity index (χ2n) is 4.86. The number of ether oxygens (including phenoxy) is 1. The molecule has 0 saturated carbocycles. The third-order valence-electron chi connectivity index (χ3n) is 3.52. The number of anilines is 1. The van der Waals surface area contributed by atoms with Crippen LogP contribution in [0.5, 0.6) is 5.75 Å². The van der Waals surface area contributed by atoms with Crippen LogP contribution in [0.4, 0.5) is 5.69 Å². The summed E-state index contributed by atoms with van der Waals surface area (Å²) in [5, 5.41) is 0. The second-order valence-corrected chi connectivity index (χ2v) is 4.86. The molecule has 0 fully saturated rings. The summed E-state index contributed by atoms with van der Waals surface area (Å²) in [6.45, 7) is 0. The zero-order valence-corrected chi connectivity index (χ0v) is 11.0. The van der Waals surface area contributed by atoms with Gasteiger partial charge in [-0.1, -0.05) is 6.07 Å². The van der Waals surface area contributed by atoms with Gasteiger partial charge >= 0.3 is 0 Å². The Morgan fingerprint density at radius 1 is 1.32 bits per heavy atom. The number of nitrogen functional groups attached to an aromatic ring is 1. The van der Waals surface area contributed by atoms with Crippen molar-refractivity contribution in [3.63, 3.8) is 0 Å². The summed E-state index contributed by atoms with van der Waals surface area (Å²) in [7, 11) is 1.62. The summed E-state index contributed by atoms with van der Waals surface area (Å²) >= 11 is 0. The summed E-state index contributed by atoms with van der Waals surface area (Å²) in [6, 6.07) is 5.82. The summed E-state index contributed by atoms with van der Waals surface area (Å²) in [5.41, 5.74) is 10.2. The highest BCUT2D eigenvalue weighted by molar-refractivity contribution is 5.54. The Kier molecular flexibility index (Phi) is 3.07. The SMILES string of the molecule is COc1ccc(Cc2ncc3c(n2)CCC3)cc1N. The highest BCUT2D eigenvalue weighted by atomic mass is 16.5. The predicted molar refractivity (Wildman–Crippen MR) is 74.3 cm³/mol. The fraction of sp³-hybridized carbons (Fsp3) is 0.333. The lowest BCUT2D eigenvalue weighted by molar-refractivity contribution is 0.417. The molecule has 4 nitrogen and oxygen atoms in total. The quantitative estimate of drug-likeness (QED) is 0.854. The maximum absolute atomic E-state index is 5.91. The van der Waals surface area contributed by atoms with E-state index in [2.05, 4.69) is 9.97 Å². The van der Waals surface area contributed by atoms with Crippen LogP contribution in [0.2, 0.25) is 0 Å². The normalized spacial score (nSPS) is 13.3. The minimum absolute atomic E-state index is 0.654. The maximum Gasteiger partial charge on any atom is 0.141 e.